The molecule has 4 nitrogen and oxygen atoms in total. The van der Waals surface area contributed by atoms with Crippen LogP contribution in [0.5, 0.6) is 0 Å². The quantitative estimate of drug-likeness (QED) is 0.845. The number of rotatable bonds is 3. The zero-order chi connectivity index (χ0) is 14.7. The van der Waals surface area contributed by atoms with Crippen LogP contribution in [0.3, 0.4) is 0 Å². The van der Waals surface area contributed by atoms with Gasteiger partial charge in [0.1, 0.15) is 5.82 Å². The van der Waals surface area contributed by atoms with Gasteiger partial charge in [-0.1, -0.05) is 6.07 Å². The highest BCUT2D eigenvalue weighted by Gasteiger charge is 2.09. The minimum atomic E-state index is -0.398. The standard InChI is InChI=1S/C15H16FN3O/c1-19(2)14-7-6-10(8-13(14)17)15(20)18-12-5-3-4-11(16)9-12/h3-9H,17H2,1-2H3,(H,18,20). The number of anilines is 3. The number of hydrogen-bond donors (Lipinski definition) is 2. The van der Waals surface area contributed by atoms with Crippen molar-refractivity contribution in [1.82, 2.24) is 0 Å². The third-order valence-corrected chi connectivity index (χ3v) is 2.85. The lowest BCUT2D eigenvalue weighted by Crippen LogP contribution is -2.15. The molecule has 0 aliphatic rings. The van der Waals surface area contributed by atoms with E-state index < -0.39 is 5.82 Å². The van der Waals surface area contributed by atoms with Crippen molar-refractivity contribution in [1.29, 1.82) is 0 Å². The molecule has 0 bridgehead atoms. The van der Waals surface area contributed by atoms with E-state index in [0.717, 1.165) is 5.69 Å². The summed E-state index contributed by atoms with van der Waals surface area (Å²) in [5.41, 5.74) is 8.09. The van der Waals surface area contributed by atoms with E-state index in [1.165, 1.54) is 18.2 Å². The van der Waals surface area contributed by atoms with Gasteiger partial charge in [0.2, 0.25) is 0 Å². The Kier molecular flexibility index (Phi) is 3.89. The first kappa shape index (κ1) is 13.9. The third-order valence-electron chi connectivity index (χ3n) is 2.85. The maximum Gasteiger partial charge on any atom is 0.255 e. The molecule has 2 aromatic carbocycles. The van der Waals surface area contributed by atoms with Gasteiger partial charge in [-0.05, 0) is 36.4 Å². The number of benzene rings is 2. The van der Waals surface area contributed by atoms with Crippen LogP contribution >= 0.6 is 0 Å². The van der Waals surface area contributed by atoms with Gasteiger partial charge in [0.15, 0.2) is 0 Å². The molecule has 20 heavy (non-hydrogen) atoms. The number of nitrogens with zero attached hydrogens (tertiary/aromatic N) is 1. The van der Waals surface area contributed by atoms with E-state index in [-0.39, 0.29) is 5.91 Å². The molecule has 104 valence electrons. The molecule has 0 aromatic heterocycles. The Balaban J connectivity index is 2.19. The first-order chi connectivity index (χ1) is 9.47. The number of amides is 1. The molecule has 0 spiro atoms. The molecular formula is C15H16FN3O. The van der Waals surface area contributed by atoms with E-state index in [1.54, 1.807) is 24.3 Å². The fourth-order valence-electron chi connectivity index (χ4n) is 1.87. The molecule has 1 amide bonds. The zero-order valence-corrected chi connectivity index (χ0v) is 11.4. The summed E-state index contributed by atoms with van der Waals surface area (Å²) in [7, 11) is 3.75. The van der Waals surface area contributed by atoms with Gasteiger partial charge in [0, 0.05) is 25.3 Å². The Morgan fingerprint density at radius 1 is 1.20 bits per heavy atom. The highest BCUT2D eigenvalue weighted by Crippen LogP contribution is 2.23. The monoisotopic (exact) mass is 273 g/mol. The Bertz CT molecular complexity index is 641. The van der Waals surface area contributed by atoms with Crippen LogP contribution in [0.2, 0.25) is 0 Å². The molecule has 0 atom stereocenters. The van der Waals surface area contributed by atoms with Crippen molar-refractivity contribution in [2.75, 3.05) is 30.0 Å². The average Bonchev–Trinajstić information content (AvgIpc) is 2.38. The predicted octanol–water partition coefficient (Wildman–Crippen LogP) is 2.73. The summed E-state index contributed by atoms with van der Waals surface area (Å²) >= 11 is 0. The summed E-state index contributed by atoms with van der Waals surface area (Å²) in [6.45, 7) is 0. The molecule has 2 rings (SSSR count). The van der Waals surface area contributed by atoms with Crippen molar-refractivity contribution in [2.24, 2.45) is 0 Å². The van der Waals surface area contributed by atoms with Crippen LogP contribution < -0.4 is 16.0 Å². The molecule has 2 aromatic rings. The largest absolute Gasteiger partial charge is 0.397 e. The Morgan fingerprint density at radius 2 is 1.95 bits per heavy atom. The van der Waals surface area contributed by atoms with Crippen LogP contribution in [-0.2, 0) is 0 Å². The number of nitrogens with two attached hydrogens (primary N) is 1. The molecule has 0 radical (unpaired) electrons. The highest BCUT2D eigenvalue weighted by molar-refractivity contribution is 6.05. The lowest BCUT2D eigenvalue weighted by Gasteiger charge is -2.15. The van der Waals surface area contributed by atoms with E-state index in [0.29, 0.717) is 16.9 Å². The van der Waals surface area contributed by atoms with Gasteiger partial charge in [-0.3, -0.25) is 4.79 Å². The maximum absolute atomic E-state index is 13.0. The topological polar surface area (TPSA) is 58.4 Å². The first-order valence-electron chi connectivity index (χ1n) is 6.11. The maximum atomic E-state index is 13.0. The second-order valence-electron chi connectivity index (χ2n) is 4.63. The number of nitrogen functional groups attached to an aromatic ring is 1. The van der Waals surface area contributed by atoms with Gasteiger partial charge >= 0.3 is 0 Å². The van der Waals surface area contributed by atoms with Crippen LogP contribution in [0.15, 0.2) is 42.5 Å². The van der Waals surface area contributed by atoms with Gasteiger partial charge in [0.25, 0.3) is 5.91 Å². The molecule has 5 heteroatoms. The number of hydrogen-bond acceptors (Lipinski definition) is 3. The summed E-state index contributed by atoms with van der Waals surface area (Å²) in [6, 6.07) is 10.8. The zero-order valence-electron chi connectivity index (χ0n) is 11.4. The fraction of sp³-hybridized carbons (Fsp3) is 0.133. The summed E-state index contributed by atoms with van der Waals surface area (Å²) in [4.78, 5) is 13.9. The number of halogens is 1. The molecule has 0 aliphatic carbocycles. The van der Waals surface area contributed by atoms with Gasteiger partial charge in [-0.25, -0.2) is 4.39 Å². The van der Waals surface area contributed by atoms with Crippen molar-refractivity contribution in [3.63, 3.8) is 0 Å². The third kappa shape index (κ3) is 3.06. The van der Waals surface area contributed by atoms with Gasteiger partial charge in [-0.15, -0.1) is 0 Å². The summed E-state index contributed by atoms with van der Waals surface area (Å²) in [5.74, 6) is -0.724. The second kappa shape index (κ2) is 5.61. The van der Waals surface area contributed by atoms with Crippen LogP contribution in [0, 0.1) is 5.82 Å². The summed E-state index contributed by atoms with van der Waals surface area (Å²) in [5, 5.41) is 2.63. The van der Waals surface area contributed by atoms with Crippen molar-refractivity contribution < 1.29 is 9.18 Å². The van der Waals surface area contributed by atoms with Crippen LogP contribution in [0.25, 0.3) is 0 Å². The number of nitrogens with one attached hydrogen (secondary N) is 1. The Morgan fingerprint density at radius 3 is 2.55 bits per heavy atom. The SMILES string of the molecule is CN(C)c1ccc(C(=O)Nc2cccc(F)c2)cc1N. The predicted molar refractivity (Wildman–Crippen MR) is 79.5 cm³/mol. The summed E-state index contributed by atoms with van der Waals surface area (Å²) < 4.78 is 13.0. The lowest BCUT2D eigenvalue weighted by molar-refractivity contribution is 0.102. The van der Waals surface area contributed by atoms with Crippen molar-refractivity contribution in [3.05, 3.63) is 53.8 Å². The van der Waals surface area contributed by atoms with Crippen LogP contribution in [-0.4, -0.2) is 20.0 Å². The molecule has 0 heterocycles. The molecule has 0 unspecified atom stereocenters. The molecule has 0 saturated carbocycles. The van der Waals surface area contributed by atoms with E-state index >= 15 is 0 Å². The lowest BCUT2D eigenvalue weighted by atomic mass is 10.1. The Hall–Kier alpha value is -2.56. The molecule has 0 aliphatic heterocycles. The number of carbonyl (C=O) groups is 1. The molecule has 3 N–H and O–H groups in total. The van der Waals surface area contributed by atoms with Gasteiger partial charge < -0.3 is 16.0 Å². The Labute approximate surface area is 117 Å². The summed E-state index contributed by atoms with van der Waals surface area (Å²) in [6.07, 6.45) is 0. The molecule has 0 fully saturated rings. The first-order valence-corrected chi connectivity index (χ1v) is 6.11. The molecular weight excluding hydrogens is 257 g/mol. The van der Waals surface area contributed by atoms with Crippen molar-refractivity contribution in [2.45, 2.75) is 0 Å². The minimum Gasteiger partial charge on any atom is -0.397 e. The second-order valence-corrected chi connectivity index (χ2v) is 4.63. The average molecular weight is 273 g/mol. The van der Waals surface area contributed by atoms with Gasteiger partial charge in [0.05, 0.1) is 11.4 Å². The smallest absolute Gasteiger partial charge is 0.255 e. The minimum absolute atomic E-state index is 0.326. The van der Waals surface area contributed by atoms with E-state index in [4.69, 9.17) is 5.73 Å². The fourth-order valence-corrected chi connectivity index (χ4v) is 1.87. The van der Waals surface area contributed by atoms with Crippen LogP contribution in [0.4, 0.5) is 21.5 Å². The van der Waals surface area contributed by atoms with E-state index in [2.05, 4.69) is 5.32 Å². The van der Waals surface area contributed by atoms with Crippen molar-refractivity contribution in [3.8, 4) is 0 Å². The van der Waals surface area contributed by atoms with Crippen molar-refractivity contribution >= 4 is 23.0 Å². The normalized spacial score (nSPS) is 10.2. The van der Waals surface area contributed by atoms with Crippen LogP contribution in [0.1, 0.15) is 10.4 Å². The van der Waals surface area contributed by atoms with Gasteiger partial charge in [-0.2, -0.15) is 0 Å². The van der Waals surface area contributed by atoms with E-state index in [9.17, 15) is 9.18 Å². The number of carbonyl (C=O) groups excluding carboxylic acids is 1. The van der Waals surface area contributed by atoms with E-state index in [1.807, 2.05) is 19.0 Å². The highest BCUT2D eigenvalue weighted by atomic mass is 19.1. The molecule has 0 saturated heterocycles.